The van der Waals surface area contributed by atoms with Crippen LogP contribution < -0.4 is 5.32 Å². The summed E-state index contributed by atoms with van der Waals surface area (Å²) in [7, 11) is 0. The van der Waals surface area contributed by atoms with E-state index in [9.17, 15) is 9.59 Å². The number of hydrogen-bond acceptors (Lipinski definition) is 3. The van der Waals surface area contributed by atoms with Gasteiger partial charge in [0.2, 0.25) is 11.8 Å². The summed E-state index contributed by atoms with van der Waals surface area (Å²) in [6.45, 7) is 8.17. The summed E-state index contributed by atoms with van der Waals surface area (Å²) in [5, 5.41) is 3.60. The molecule has 0 unspecified atom stereocenters. The van der Waals surface area contributed by atoms with Gasteiger partial charge in [-0.3, -0.25) is 9.59 Å². The number of halogens is 1. The van der Waals surface area contributed by atoms with Crippen LogP contribution in [0.3, 0.4) is 0 Å². The third kappa shape index (κ3) is 7.69. The maximum absolute atomic E-state index is 13.1. The second-order valence-electron chi connectivity index (χ2n) is 7.56. The third-order valence-corrected chi connectivity index (χ3v) is 6.26. The Labute approximate surface area is 189 Å². The van der Waals surface area contributed by atoms with Crippen LogP contribution in [0.1, 0.15) is 44.7 Å². The minimum Gasteiger partial charge on any atom is -0.352 e. The fourth-order valence-corrected chi connectivity index (χ4v) is 3.97. The molecule has 0 fully saturated rings. The number of nitrogens with zero attached hydrogens (tertiary/aromatic N) is 1. The molecule has 0 aliphatic heterocycles. The van der Waals surface area contributed by atoms with Crippen LogP contribution in [0.4, 0.5) is 0 Å². The average molecular weight is 447 g/mol. The Morgan fingerprint density at radius 2 is 1.83 bits per heavy atom. The van der Waals surface area contributed by atoms with Crippen molar-refractivity contribution in [1.29, 1.82) is 0 Å². The van der Waals surface area contributed by atoms with E-state index < -0.39 is 6.04 Å². The van der Waals surface area contributed by atoms with Gasteiger partial charge in [0.1, 0.15) is 6.04 Å². The second kappa shape index (κ2) is 12.0. The Morgan fingerprint density at radius 3 is 2.47 bits per heavy atom. The molecule has 0 heterocycles. The predicted octanol–water partition coefficient (Wildman–Crippen LogP) is 5.46. The van der Waals surface area contributed by atoms with E-state index in [2.05, 4.69) is 36.5 Å². The molecule has 0 saturated carbocycles. The van der Waals surface area contributed by atoms with Gasteiger partial charge in [-0.15, -0.1) is 11.8 Å². The number of amides is 2. The lowest BCUT2D eigenvalue weighted by atomic mass is 10.1. The molecule has 0 aliphatic rings. The topological polar surface area (TPSA) is 49.4 Å². The first-order chi connectivity index (χ1) is 14.3. The highest BCUT2D eigenvalue weighted by Crippen LogP contribution is 2.21. The van der Waals surface area contributed by atoms with Crippen LogP contribution >= 0.6 is 23.4 Å². The third-order valence-electron chi connectivity index (χ3n) is 5.02. The molecule has 0 aromatic heterocycles. The normalized spacial score (nSPS) is 12.8. The predicted molar refractivity (Wildman–Crippen MR) is 126 cm³/mol. The molecule has 1 N–H and O–H groups in total. The number of hydrogen-bond donors (Lipinski definition) is 1. The fourth-order valence-electron chi connectivity index (χ4n) is 2.91. The molecule has 162 valence electrons. The van der Waals surface area contributed by atoms with Crippen molar-refractivity contribution in [3.8, 4) is 0 Å². The maximum atomic E-state index is 13.1. The monoisotopic (exact) mass is 446 g/mol. The van der Waals surface area contributed by atoms with E-state index in [1.165, 1.54) is 5.56 Å². The molecule has 0 aliphatic carbocycles. The van der Waals surface area contributed by atoms with Gasteiger partial charge in [-0.1, -0.05) is 48.4 Å². The van der Waals surface area contributed by atoms with Gasteiger partial charge in [-0.2, -0.15) is 0 Å². The van der Waals surface area contributed by atoms with Gasteiger partial charge in [0.05, 0.1) is 0 Å². The molecule has 2 aromatic rings. The van der Waals surface area contributed by atoms with Gasteiger partial charge in [-0.25, -0.2) is 0 Å². The van der Waals surface area contributed by atoms with Crippen molar-refractivity contribution in [2.24, 2.45) is 0 Å². The van der Waals surface area contributed by atoms with Crippen molar-refractivity contribution in [2.75, 3.05) is 5.75 Å². The fraction of sp³-hybridized carbons (Fsp3) is 0.417. The smallest absolute Gasteiger partial charge is 0.242 e. The number of rotatable bonds is 10. The number of benzene rings is 2. The summed E-state index contributed by atoms with van der Waals surface area (Å²) < 4.78 is 0. The Balaban J connectivity index is 2.07. The lowest BCUT2D eigenvalue weighted by Crippen LogP contribution is -2.49. The van der Waals surface area contributed by atoms with Crippen molar-refractivity contribution in [1.82, 2.24) is 10.2 Å². The Morgan fingerprint density at radius 1 is 1.13 bits per heavy atom. The van der Waals surface area contributed by atoms with E-state index in [4.69, 9.17) is 11.6 Å². The highest BCUT2D eigenvalue weighted by Gasteiger charge is 2.26. The number of thioether (sulfide) groups is 1. The van der Waals surface area contributed by atoms with Crippen LogP contribution in [0, 0.1) is 6.92 Å². The molecule has 30 heavy (non-hydrogen) atoms. The molecule has 4 nitrogen and oxygen atoms in total. The molecule has 0 saturated heterocycles. The average Bonchev–Trinajstić information content (AvgIpc) is 2.72. The van der Waals surface area contributed by atoms with Crippen molar-refractivity contribution in [3.63, 3.8) is 0 Å². The summed E-state index contributed by atoms with van der Waals surface area (Å²) in [6, 6.07) is 15.2. The van der Waals surface area contributed by atoms with E-state index in [1.807, 2.05) is 32.0 Å². The SMILES string of the molecule is CC[C@H](C)NC(=O)[C@@H](C)N(Cc1cccc(Cl)c1)C(=O)CCSc1ccc(C)cc1. The highest BCUT2D eigenvalue weighted by molar-refractivity contribution is 7.99. The van der Waals surface area contributed by atoms with E-state index >= 15 is 0 Å². The molecule has 0 radical (unpaired) electrons. The van der Waals surface area contributed by atoms with Gasteiger partial charge in [0, 0.05) is 34.7 Å². The highest BCUT2D eigenvalue weighted by atomic mass is 35.5. The zero-order valence-corrected chi connectivity index (χ0v) is 19.7. The van der Waals surface area contributed by atoms with Gasteiger partial charge >= 0.3 is 0 Å². The molecule has 0 spiro atoms. The van der Waals surface area contributed by atoms with E-state index in [0.717, 1.165) is 16.9 Å². The van der Waals surface area contributed by atoms with Gasteiger partial charge in [-0.05, 0) is 57.0 Å². The maximum Gasteiger partial charge on any atom is 0.242 e. The van der Waals surface area contributed by atoms with Crippen molar-refractivity contribution in [2.45, 2.75) is 64.1 Å². The first-order valence-electron chi connectivity index (χ1n) is 10.3. The number of carbonyl (C=O) groups is 2. The second-order valence-corrected chi connectivity index (χ2v) is 9.16. The molecule has 0 bridgehead atoms. The van der Waals surface area contributed by atoms with Crippen molar-refractivity contribution < 1.29 is 9.59 Å². The molecule has 2 atom stereocenters. The van der Waals surface area contributed by atoms with Crippen molar-refractivity contribution >= 4 is 35.2 Å². The summed E-state index contributed by atoms with van der Waals surface area (Å²) in [6.07, 6.45) is 1.20. The van der Waals surface area contributed by atoms with Gasteiger partial charge < -0.3 is 10.2 Å². The number of aryl methyl sites for hydroxylation is 1. The largest absolute Gasteiger partial charge is 0.352 e. The molecular weight excluding hydrogens is 416 g/mol. The zero-order chi connectivity index (χ0) is 22.1. The lowest BCUT2D eigenvalue weighted by molar-refractivity contribution is -0.140. The Bertz CT molecular complexity index is 841. The molecule has 6 heteroatoms. The zero-order valence-electron chi connectivity index (χ0n) is 18.2. The Kier molecular flexibility index (Phi) is 9.73. The molecule has 2 amide bonds. The van der Waals surface area contributed by atoms with E-state index in [1.54, 1.807) is 29.7 Å². The van der Waals surface area contributed by atoms with E-state index in [-0.39, 0.29) is 17.9 Å². The van der Waals surface area contributed by atoms with E-state index in [0.29, 0.717) is 23.7 Å². The lowest BCUT2D eigenvalue weighted by Gasteiger charge is -2.29. The van der Waals surface area contributed by atoms with Crippen LogP contribution in [0.25, 0.3) is 0 Å². The quantitative estimate of drug-likeness (QED) is 0.493. The first kappa shape index (κ1) is 24.3. The van der Waals surface area contributed by atoms with Crippen LogP contribution in [0.2, 0.25) is 5.02 Å². The minimum absolute atomic E-state index is 0.0404. The number of carbonyl (C=O) groups excluding carboxylic acids is 2. The first-order valence-corrected chi connectivity index (χ1v) is 11.7. The standard InChI is InChI=1S/C24H31ClN2O2S/c1-5-18(3)26-24(29)19(4)27(16-20-7-6-8-21(25)15-20)23(28)13-14-30-22-11-9-17(2)10-12-22/h6-12,15,18-19H,5,13-14,16H2,1-4H3,(H,26,29)/t18-,19+/m0/s1. The van der Waals surface area contributed by atoms with Crippen LogP contribution in [-0.4, -0.2) is 34.6 Å². The van der Waals surface area contributed by atoms with Crippen LogP contribution in [-0.2, 0) is 16.1 Å². The Hall–Kier alpha value is -1.98. The molecule has 2 aromatic carbocycles. The van der Waals surface area contributed by atoms with Gasteiger partial charge in [0.15, 0.2) is 0 Å². The van der Waals surface area contributed by atoms with Crippen LogP contribution in [0.15, 0.2) is 53.4 Å². The van der Waals surface area contributed by atoms with Gasteiger partial charge in [0.25, 0.3) is 0 Å². The summed E-state index contributed by atoms with van der Waals surface area (Å²) in [4.78, 5) is 28.6. The molecule has 2 rings (SSSR count). The summed E-state index contributed by atoms with van der Waals surface area (Å²) >= 11 is 7.76. The van der Waals surface area contributed by atoms with Crippen molar-refractivity contribution in [3.05, 3.63) is 64.7 Å². The summed E-state index contributed by atoms with van der Waals surface area (Å²) in [5.41, 5.74) is 2.12. The number of nitrogens with one attached hydrogen (secondary N) is 1. The van der Waals surface area contributed by atoms with Crippen LogP contribution in [0.5, 0.6) is 0 Å². The minimum atomic E-state index is -0.560. The molecular formula is C24H31ClN2O2S. The summed E-state index contributed by atoms with van der Waals surface area (Å²) in [5.74, 6) is 0.487.